The maximum Gasteiger partial charge on any atom is 0.350 e. The van der Waals surface area contributed by atoms with Gasteiger partial charge in [0.2, 0.25) is 0 Å². The van der Waals surface area contributed by atoms with E-state index in [0.29, 0.717) is 14.9 Å². The number of carbonyl (C=O) groups is 1. The van der Waals surface area contributed by atoms with Gasteiger partial charge in [-0.15, -0.1) is 11.3 Å². The standard InChI is InChI=1S/C18H14Cl2O3S/c1-11-2-5-13(6-3-11)22-8-9-23-18(21)17-16(20)14-7-4-12(19)10-15(14)24-17/h2-7,10H,8-9H2,1H3. The monoisotopic (exact) mass is 380 g/mol. The molecule has 0 radical (unpaired) electrons. The lowest BCUT2D eigenvalue weighted by Gasteiger charge is -2.07. The minimum atomic E-state index is -0.454. The molecular weight excluding hydrogens is 367 g/mol. The first-order valence-electron chi connectivity index (χ1n) is 7.29. The van der Waals surface area contributed by atoms with E-state index >= 15 is 0 Å². The zero-order valence-corrected chi connectivity index (χ0v) is 15.2. The number of esters is 1. The van der Waals surface area contributed by atoms with E-state index in [4.69, 9.17) is 32.7 Å². The Bertz CT molecular complexity index is 872. The van der Waals surface area contributed by atoms with Gasteiger partial charge in [-0.25, -0.2) is 4.79 Å². The van der Waals surface area contributed by atoms with Crippen LogP contribution in [-0.2, 0) is 4.74 Å². The van der Waals surface area contributed by atoms with Crippen LogP contribution >= 0.6 is 34.5 Å². The number of ether oxygens (including phenoxy) is 2. The molecule has 2 aromatic carbocycles. The molecule has 6 heteroatoms. The van der Waals surface area contributed by atoms with Gasteiger partial charge in [0, 0.05) is 15.1 Å². The molecule has 3 aromatic rings. The van der Waals surface area contributed by atoms with Gasteiger partial charge in [-0.05, 0) is 31.2 Å². The molecule has 1 heterocycles. The molecule has 0 N–H and O–H groups in total. The molecule has 3 rings (SSSR count). The van der Waals surface area contributed by atoms with E-state index < -0.39 is 5.97 Å². The molecule has 124 valence electrons. The summed E-state index contributed by atoms with van der Waals surface area (Å²) in [4.78, 5) is 12.6. The predicted octanol–water partition coefficient (Wildman–Crippen LogP) is 5.75. The third-order valence-corrected chi connectivity index (χ3v) is 5.26. The number of rotatable bonds is 5. The Balaban J connectivity index is 1.59. The first-order chi connectivity index (χ1) is 11.5. The van der Waals surface area contributed by atoms with Crippen molar-refractivity contribution in [1.29, 1.82) is 0 Å². The number of aryl methyl sites for hydroxylation is 1. The molecule has 0 atom stereocenters. The molecule has 1 aromatic heterocycles. The molecule has 0 saturated carbocycles. The molecule has 0 amide bonds. The van der Waals surface area contributed by atoms with Crippen LogP contribution in [0.3, 0.4) is 0 Å². The normalized spacial score (nSPS) is 10.8. The van der Waals surface area contributed by atoms with Crippen LogP contribution in [0, 0.1) is 6.92 Å². The van der Waals surface area contributed by atoms with Crippen LogP contribution in [-0.4, -0.2) is 19.2 Å². The molecular formula is C18H14Cl2O3S. The Hall–Kier alpha value is -1.75. The van der Waals surface area contributed by atoms with Crippen molar-refractivity contribution in [3.8, 4) is 5.75 Å². The van der Waals surface area contributed by atoms with Gasteiger partial charge in [-0.3, -0.25) is 0 Å². The number of fused-ring (bicyclic) bond motifs is 1. The summed E-state index contributed by atoms with van der Waals surface area (Å²) in [5.74, 6) is 0.288. The van der Waals surface area contributed by atoms with Crippen molar-refractivity contribution in [2.75, 3.05) is 13.2 Å². The number of carbonyl (C=O) groups excluding carboxylic acids is 1. The Morgan fingerprint density at radius 1 is 1.08 bits per heavy atom. The van der Waals surface area contributed by atoms with Gasteiger partial charge in [-0.2, -0.15) is 0 Å². The quantitative estimate of drug-likeness (QED) is 0.417. The highest BCUT2D eigenvalue weighted by Crippen LogP contribution is 2.37. The molecule has 0 bridgehead atoms. The van der Waals surface area contributed by atoms with E-state index in [2.05, 4.69) is 0 Å². The van der Waals surface area contributed by atoms with Crippen molar-refractivity contribution in [3.05, 3.63) is 63.0 Å². The summed E-state index contributed by atoms with van der Waals surface area (Å²) in [5.41, 5.74) is 1.16. The third kappa shape index (κ3) is 3.83. The Morgan fingerprint density at radius 2 is 1.83 bits per heavy atom. The third-order valence-electron chi connectivity index (χ3n) is 3.38. The highest BCUT2D eigenvalue weighted by atomic mass is 35.5. The first-order valence-corrected chi connectivity index (χ1v) is 8.86. The predicted molar refractivity (Wildman–Crippen MR) is 98.8 cm³/mol. The Morgan fingerprint density at radius 3 is 2.58 bits per heavy atom. The number of benzene rings is 2. The van der Waals surface area contributed by atoms with Gasteiger partial charge in [-0.1, -0.05) is 47.0 Å². The summed E-state index contributed by atoms with van der Waals surface area (Å²) in [5, 5.41) is 1.80. The van der Waals surface area contributed by atoms with Crippen molar-refractivity contribution in [3.63, 3.8) is 0 Å². The van der Waals surface area contributed by atoms with Gasteiger partial charge in [0.1, 0.15) is 23.8 Å². The van der Waals surface area contributed by atoms with Gasteiger partial charge >= 0.3 is 5.97 Å². The number of hydrogen-bond donors (Lipinski definition) is 0. The fourth-order valence-corrected chi connectivity index (χ4v) is 3.84. The fraction of sp³-hybridized carbons (Fsp3) is 0.167. The highest BCUT2D eigenvalue weighted by Gasteiger charge is 2.18. The maximum atomic E-state index is 12.2. The molecule has 0 aliphatic heterocycles. The van der Waals surface area contributed by atoms with Gasteiger partial charge in [0.25, 0.3) is 0 Å². The number of halogens is 2. The zero-order chi connectivity index (χ0) is 17.1. The zero-order valence-electron chi connectivity index (χ0n) is 12.8. The minimum absolute atomic E-state index is 0.151. The second-order valence-electron chi connectivity index (χ2n) is 5.18. The molecule has 0 saturated heterocycles. The number of hydrogen-bond acceptors (Lipinski definition) is 4. The van der Waals surface area contributed by atoms with Crippen LogP contribution in [0.15, 0.2) is 42.5 Å². The van der Waals surface area contributed by atoms with Crippen molar-refractivity contribution in [2.24, 2.45) is 0 Å². The SMILES string of the molecule is Cc1ccc(OCCOC(=O)c2sc3cc(Cl)ccc3c2Cl)cc1. The summed E-state index contributed by atoms with van der Waals surface area (Å²) in [7, 11) is 0. The van der Waals surface area contributed by atoms with Gasteiger partial charge < -0.3 is 9.47 Å². The van der Waals surface area contributed by atoms with Gasteiger partial charge in [0.15, 0.2) is 0 Å². The summed E-state index contributed by atoms with van der Waals surface area (Å²) in [6.07, 6.45) is 0. The summed E-state index contributed by atoms with van der Waals surface area (Å²) in [6.45, 7) is 2.44. The minimum Gasteiger partial charge on any atom is -0.490 e. The maximum absolute atomic E-state index is 12.2. The smallest absolute Gasteiger partial charge is 0.350 e. The van der Waals surface area contributed by atoms with Crippen LogP contribution in [0.25, 0.3) is 10.1 Å². The van der Waals surface area contributed by atoms with E-state index in [1.807, 2.05) is 31.2 Å². The van der Waals surface area contributed by atoms with Crippen LogP contribution < -0.4 is 4.74 Å². The Kier molecular flexibility index (Phi) is 5.29. The first kappa shape index (κ1) is 17.1. The van der Waals surface area contributed by atoms with Crippen molar-refractivity contribution < 1.29 is 14.3 Å². The second-order valence-corrected chi connectivity index (χ2v) is 7.05. The van der Waals surface area contributed by atoms with Crippen LogP contribution in [0.5, 0.6) is 5.75 Å². The molecule has 24 heavy (non-hydrogen) atoms. The second kappa shape index (κ2) is 7.43. The average Bonchev–Trinajstić information content (AvgIpc) is 2.89. The van der Waals surface area contributed by atoms with E-state index in [-0.39, 0.29) is 13.2 Å². The van der Waals surface area contributed by atoms with E-state index in [9.17, 15) is 4.79 Å². The van der Waals surface area contributed by atoms with E-state index in [1.54, 1.807) is 18.2 Å². The van der Waals surface area contributed by atoms with Crippen LogP contribution in [0.1, 0.15) is 15.2 Å². The molecule has 0 spiro atoms. The lowest BCUT2D eigenvalue weighted by atomic mass is 10.2. The molecule has 0 aliphatic rings. The summed E-state index contributed by atoms with van der Waals surface area (Å²) in [6, 6.07) is 13.0. The Labute approximate surface area is 153 Å². The largest absolute Gasteiger partial charge is 0.490 e. The van der Waals surface area contributed by atoms with Crippen LogP contribution in [0.4, 0.5) is 0 Å². The molecule has 3 nitrogen and oxygen atoms in total. The molecule has 0 fully saturated rings. The topological polar surface area (TPSA) is 35.5 Å². The lowest BCUT2D eigenvalue weighted by molar-refractivity contribution is 0.0456. The average molecular weight is 381 g/mol. The van der Waals surface area contributed by atoms with Crippen molar-refractivity contribution in [1.82, 2.24) is 0 Å². The van der Waals surface area contributed by atoms with Crippen molar-refractivity contribution in [2.45, 2.75) is 6.92 Å². The van der Waals surface area contributed by atoms with Gasteiger partial charge in [0.05, 0.1) is 5.02 Å². The summed E-state index contributed by atoms with van der Waals surface area (Å²) < 4.78 is 11.6. The van der Waals surface area contributed by atoms with Crippen LogP contribution in [0.2, 0.25) is 10.0 Å². The lowest BCUT2D eigenvalue weighted by Crippen LogP contribution is -2.11. The summed E-state index contributed by atoms with van der Waals surface area (Å²) >= 11 is 13.5. The molecule has 0 unspecified atom stereocenters. The fourth-order valence-electron chi connectivity index (χ4n) is 2.16. The highest BCUT2D eigenvalue weighted by molar-refractivity contribution is 7.21. The van der Waals surface area contributed by atoms with E-state index in [0.717, 1.165) is 21.4 Å². The number of thiophene rings is 1. The van der Waals surface area contributed by atoms with Crippen molar-refractivity contribution >= 4 is 50.6 Å². The molecule has 0 aliphatic carbocycles. The van der Waals surface area contributed by atoms with E-state index in [1.165, 1.54) is 11.3 Å².